The molecular weight excluding hydrogens is 321 g/mol. The van der Waals surface area contributed by atoms with Crippen LogP contribution in [-0.4, -0.2) is 19.4 Å². The maximum absolute atomic E-state index is 11.9. The molecule has 1 aromatic rings. The van der Waals surface area contributed by atoms with Crippen LogP contribution in [0.5, 0.6) is 0 Å². The van der Waals surface area contributed by atoms with Gasteiger partial charge in [0.05, 0.1) is 0 Å². The zero-order chi connectivity index (χ0) is 14.3. The van der Waals surface area contributed by atoms with Gasteiger partial charge in [0.15, 0.2) is 0 Å². The maximum Gasteiger partial charge on any atom is 0.411 e. The average Bonchev–Trinajstić information content (AvgIpc) is 2.37. The molecule has 0 amide bonds. The second kappa shape index (κ2) is 7.90. The fraction of sp³-hybridized carbons (Fsp3) is 0.571. The Hall–Kier alpha value is -0.550. The van der Waals surface area contributed by atoms with Gasteiger partial charge in [-0.3, -0.25) is 0 Å². The topological polar surface area (TPSA) is 9.23 Å². The first-order chi connectivity index (χ1) is 8.90. The molecule has 0 saturated heterocycles. The summed E-state index contributed by atoms with van der Waals surface area (Å²) in [5.74, 6) is 0.344. The van der Waals surface area contributed by atoms with E-state index in [1.807, 2.05) is 30.3 Å². The van der Waals surface area contributed by atoms with Crippen molar-refractivity contribution in [1.82, 2.24) is 0 Å². The lowest BCUT2D eigenvalue weighted by atomic mass is 9.97. The van der Waals surface area contributed by atoms with E-state index >= 15 is 0 Å². The van der Waals surface area contributed by atoms with Crippen LogP contribution >= 0.6 is 15.9 Å². The normalized spacial score (nSPS) is 15.2. The number of hydrogen-bond acceptors (Lipinski definition) is 1. The Morgan fingerprint density at radius 2 is 1.84 bits per heavy atom. The molecule has 1 rings (SSSR count). The summed E-state index contributed by atoms with van der Waals surface area (Å²) in [4.78, 5) is 0.219. The molecule has 0 saturated carbocycles. The minimum absolute atomic E-state index is 0.151. The Morgan fingerprint density at radius 3 is 2.42 bits per heavy atom. The highest BCUT2D eigenvalue weighted by molar-refractivity contribution is 9.09. The predicted octanol–water partition coefficient (Wildman–Crippen LogP) is 5.12. The van der Waals surface area contributed by atoms with Crippen LogP contribution in [0.3, 0.4) is 0 Å². The zero-order valence-electron chi connectivity index (χ0n) is 10.8. The Bertz CT molecular complexity index is 353. The van der Waals surface area contributed by atoms with E-state index < -0.39 is 12.8 Å². The fourth-order valence-corrected chi connectivity index (χ4v) is 2.38. The van der Waals surface area contributed by atoms with Gasteiger partial charge in [0.1, 0.15) is 6.61 Å². The summed E-state index contributed by atoms with van der Waals surface area (Å²) in [7, 11) is 0. The van der Waals surface area contributed by atoms with Gasteiger partial charge >= 0.3 is 6.18 Å². The van der Waals surface area contributed by atoms with Gasteiger partial charge in [0, 0.05) is 11.4 Å². The van der Waals surface area contributed by atoms with Crippen LogP contribution < -0.4 is 0 Å². The molecule has 0 N–H and O–H groups in total. The van der Waals surface area contributed by atoms with E-state index in [2.05, 4.69) is 27.6 Å². The molecule has 0 bridgehead atoms. The largest absolute Gasteiger partial charge is 0.411 e. The number of benzene rings is 1. The second-order valence-corrected chi connectivity index (χ2v) is 5.59. The molecule has 0 fully saturated rings. The lowest BCUT2D eigenvalue weighted by molar-refractivity contribution is -0.174. The predicted molar refractivity (Wildman–Crippen MR) is 73.4 cm³/mol. The van der Waals surface area contributed by atoms with E-state index in [1.54, 1.807) is 0 Å². The molecule has 1 aromatic carbocycles. The smallest absolute Gasteiger partial charge is 0.372 e. The first-order valence-electron chi connectivity index (χ1n) is 6.23. The number of ether oxygens (including phenoxy) is 1. The average molecular weight is 339 g/mol. The van der Waals surface area contributed by atoms with Crippen molar-refractivity contribution in [2.24, 2.45) is 5.92 Å². The summed E-state index contributed by atoms with van der Waals surface area (Å²) in [6.45, 7) is 1.08. The first-order valence-corrected chi connectivity index (χ1v) is 7.15. The molecule has 0 heterocycles. The molecule has 19 heavy (non-hydrogen) atoms. The van der Waals surface area contributed by atoms with Gasteiger partial charge in [0.2, 0.25) is 0 Å². The maximum atomic E-state index is 11.9. The van der Waals surface area contributed by atoms with Gasteiger partial charge in [-0.05, 0) is 24.3 Å². The summed E-state index contributed by atoms with van der Waals surface area (Å²) in [5, 5.41) is 0. The van der Waals surface area contributed by atoms with E-state index in [1.165, 1.54) is 5.56 Å². The summed E-state index contributed by atoms with van der Waals surface area (Å²) in [5.41, 5.74) is 1.19. The summed E-state index contributed by atoms with van der Waals surface area (Å²) in [6.07, 6.45) is -2.78. The van der Waals surface area contributed by atoms with E-state index in [-0.39, 0.29) is 11.4 Å². The highest BCUT2D eigenvalue weighted by Gasteiger charge is 2.27. The van der Waals surface area contributed by atoms with Crippen molar-refractivity contribution in [1.29, 1.82) is 0 Å². The minimum Gasteiger partial charge on any atom is -0.372 e. The third-order valence-corrected chi connectivity index (χ3v) is 4.26. The van der Waals surface area contributed by atoms with Crippen molar-refractivity contribution in [2.75, 3.05) is 13.2 Å². The molecule has 0 aliphatic carbocycles. The second-order valence-electron chi connectivity index (χ2n) is 4.60. The van der Waals surface area contributed by atoms with E-state index in [4.69, 9.17) is 0 Å². The SMILES string of the molecule is CC(CCCOCC(F)(F)F)C(Br)c1ccccc1. The van der Waals surface area contributed by atoms with E-state index in [9.17, 15) is 13.2 Å². The molecule has 5 heteroatoms. The van der Waals surface area contributed by atoms with Gasteiger partial charge in [-0.25, -0.2) is 0 Å². The van der Waals surface area contributed by atoms with Crippen LogP contribution in [0.1, 0.15) is 30.2 Å². The van der Waals surface area contributed by atoms with Crippen molar-refractivity contribution < 1.29 is 17.9 Å². The number of alkyl halides is 4. The molecule has 0 aliphatic heterocycles. The highest BCUT2D eigenvalue weighted by atomic mass is 79.9. The van der Waals surface area contributed by atoms with Crippen molar-refractivity contribution in [3.8, 4) is 0 Å². The van der Waals surface area contributed by atoms with Gasteiger partial charge in [-0.2, -0.15) is 13.2 Å². The Balaban J connectivity index is 2.23. The van der Waals surface area contributed by atoms with E-state index in [0.717, 1.165) is 6.42 Å². The lowest BCUT2D eigenvalue weighted by Crippen LogP contribution is -2.17. The third-order valence-electron chi connectivity index (χ3n) is 2.83. The van der Waals surface area contributed by atoms with Crippen LogP contribution in [0.15, 0.2) is 30.3 Å². The van der Waals surface area contributed by atoms with Crippen molar-refractivity contribution in [3.05, 3.63) is 35.9 Å². The molecule has 0 spiro atoms. The minimum atomic E-state index is -4.23. The van der Waals surface area contributed by atoms with Crippen molar-refractivity contribution in [3.63, 3.8) is 0 Å². The summed E-state index contributed by atoms with van der Waals surface area (Å²) < 4.78 is 40.2. The van der Waals surface area contributed by atoms with Crippen LogP contribution in [0.2, 0.25) is 0 Å². The highest BCUT2D eigenvalue weighted by Crippen LogP contribution is 2.33. The Morgan fingerprint density at radius 1 is 1.21 bits per heavy atom. The zero-order valence-corrected chi connectivity index (χ0v) is 12.4. The molecule has 2 atom stereocenters. The van der Waals surface area contributed by atoms with Gasteiger partial charge in [-0.15, -0.1) is 0 Å². The molecule has 0 aromatic heterocycles. The van der Waals surface area contributed by atoms with Gasteiger partial charge in [-0.1, -0.05) is 53.2 Å². The molecule has 108 valence electrons. The summed E-state index contributed by atoms with van der Waals surface area (Å²) in [6, 6.07) is 9.98. The van der Waals surface area contributed by atoms with Crippen molar-refractivity contribution >= 4 is 15.9 Å². The molecule has 0 aliphatic rings. The summed E-state index contributed by atoms with van der Waals surface area (Å²) >= 11 is 3.63. The monoisotopic (exact) mass is 338 g/mol. The van der Waals surface area contributed by atoms with Crippen molar-refractivity contribution in [2.45, 2.75) is 30.8 Å². The fourth-order valence-electron chi connectivity index (χ4n) is 1.81. The standard InChI is InChI=1S/C14H18BrF3O/c1-11(6-5-9-19-10-14(16,17)18)13(15)12-7-3-2-4-8-12/h2-4,7-8,11,13H,5-6,9-10H2,1H3. The number of hydrogen-bond donors (Lipinski definition) is 0. The Kier molecular flexibility index (Phi) is 6.86. The van der Waals surface area contributed by atoms with Crippen LogP contribution in [-0.2, 0) is 4.74 Å². The first kappa shape index (κ1) is 16.5. The van der Waals surface area contributed by atoms with Crippen LogP contribution in [0.4, 0.5) is 13.2 Å². The third kappa shape index (κ3) is 6.97. The number of rotatable bonds is 7. The quantitative estimate of drug-likeness (QED) is 0.495. The molecule has 1 nitrogen and oxygen atoms in total. The van der Waals surface area contributed by atoms with Crippen LogP contribution in [0.25, 0.3) is 0 Å². The van der Waals surface area contributed by atoms with Gasteiger partial charge < -0.3 is 4.74 Å². The van der Waals surface area contributed by atoms with Crippen LogP contribution in [0, 0.1) is 5.92 Å². The lowest BCUT2D eigenvalue weighted by Gasteiger charge is -2.18. The van der Waals surface area contributed by atoms with Gasteiger partial charge in [0.25, 0.3) is 0 Å². The number of halogens is 4. The molecule has 2 unspecified atom stereocenters. The molecular formula is C14H18BrF3O. The molecule has 0 radical (unpaired) electrons. The Labute approximate surface area is 120 Å². The van der Waals surface area contributed by atoms with E-state index in [0.29, 0.717) is 12.3 Å².